The normalized spacial score (nSPS) is 25.1. The van der Waals surface area contributed by atoms with Gasteiger partial charge in [-0.3, -0.25) is 10.1 Å². The molecule has 0 aromatic heterocycles. The van der Waals surface area contributed by atoms with Crippen molar-refractivity contribution in [2.24, 2.45) is 17.3 Å². The Morgan fingerprint density at radius 3 is 2.40 bits per heavy atom. The van der Waals surface area contributed by atoms with Crippen LogP contribution in [0.15, 0.2) is 35.9 Å². The Morgan fingerprint density at radius 1 is 1.30 bits per heavy atom. The number of allylic oxidation sites excluding steroid dienone is 2. The lowest BCUT2D eigenvalue weighted by Crippen LogP contribution is -2.34. The van der Waals surface area contributed by atoms with Crippen LogP contribution >= 0.6 is 0 Å². The third-order valence-electron chi connectivity index (χ3n) is 4.52. The molecular formula is C17H23NO2. The fourth-order valence-corrected chi connectivity index (χ4v) is 3.66. The summed E-state index contributed by atoms with van der Waals surface area (Å²) in [6.07, 6.45) is 4.49. The highest BCUT2D eigenvalue weighted by atomic mass is 16.6. The molecule has 0 fully saturated rings. The number of hydrogen-bond acceptors (Lipinski definition) is 2. The van der Waals surface area contributed by atoms with E-state index in [9.17, 15) is 10.1 Å². The molecule has 20 heavy (non-hydrogen) atoms. The van der Waals surface area contributed by atoms with Crippen molar-refractivity contribution in [2.45, 2.75) is 40.5 Å². The van der Waals surface area contributed by atoms with Crippen LogP contribution < -0.4 is 0 Å². The van der Waals surface area contributed by atoms with Crippen molar-refractivity contribution in [3.05, 3.63) is 51.6 Å². The van der Waals surface area contributed by atoms with Crippen molar-refractivity contribution in [1.29, 1.82) is 0 Å². The van der Waals surface area contributed by atoms with Crippen LogP contribution in [0.1, 0.15) is 39.7 Å². The maximum atomic E-state index is 10.7. The van der Waals surface area contributed by atoms with Gasteiger partial charge in [-0.25, -0.2) is 0 Å². The molecule has 0 bridgehead atoms. The zero-order valence-corrected chi connectivity index (χ0v) is 12.7. The molecule has 1 aliphatic carbocycles. The van der Waals surface area contributed by atoms with Gasteiger partial charge in [-0.05, 0) is 42.6 Å². The van der Waals surface area contributed by atoms with Crippen molar-refractivity contribution < 1.29 is 4.92 Å². The first-order valence-corrected chi connectivity index (χ1v) is 7.20. The monoisotopic (exact) mass is 273 g/mol. The zero-order valence-electron chi connectivity index (χ0n) is 12.7. The van der Waals surface area contributed by atoms with E-state index in [4.69, 9.17) is 0 Å². The van der Waals surface area contributed by atoms with Gasteiger partial charge in [-0.2, -0.15) is 0 Å². The molecular weight excluding hydrogens is 250 g/mol. The average Bonchev–Trinajstić information content (AvgIpc) is 2.33. The second kappa shape index (κ2) is 5.39. The van der Waals surface area contributed by atoms with E-state index in [2.05, 4.69) is 33.8 Å². The molecule has 0 saturated carbocycles. The molecule has 1 aromatic carbocycles. The van der Waals surface area contributed by atoms with Gasteiger partial charge in [0.2, 0.25) is 0 Å². The van der Waals surface area contributed by atoms with Crippen LogP contribution in [-0.2, 0) is 6.42 Å². The topological polar surface area (TPSA) is 43.1 Å². The quantitative estimate of drug-likeness (QED) is 0.452. The molecule has 0 aliphatic heterocycles. The molecule has 0 amide bonds. The van der Waals surface area contributed by atoms with E-state index in [1.807, 2.05) is 12.1 Å². The van der Waals surface area contributed by atoms with Gasteiger partial charge in [0, 0.05) is 12.1 Å². The van der Waals surface area contributed by atoms with Gasteiger partial charge in [0.15, 0.2) is 0 Å². The van der Waals surface area contributed by atoms with Crippen molar-refractivity contribution in [2.75, 3.05) is 0 Å². The summed E-state index contributed by atoms with van der Waals surface area (Å²) in [7, 11) is 0. The van der Waals surface area contributed by atoms with Crippen molar-refractivity contribution >= 4 is 5.69 Å². The van der Waals surface area contributed by atoms with Crippen LogP contribution in [0.3, 0.4) is 0 Å². The minimum atomic E-state index is -0.344. The summed E-state index contributed by atoms with van der Waals surface area (Å²) < 4.78 is 0. The highest BCUT2D eigenvalue weighted by Crippen LogP contribution is 2.44. The molecule has 1 aliphatic rings. The first-order chi connectivity index (χ1) is 9.29. The van der Waals surface area contributed by atoms with Gasteiger partial charge in [-0.15, -0.1) is 0 Å². The SMILES string of the molecule is CC1=CC(C)C(Cc2ccc([N+](=O)[O-])cc2)C(C)(C)C1. The van der Waals surface area contributed by atoms with E-state index < -0.39 is 0 Å². The predicted molar refractivity (Wildman–Crippen MR) is 81.6 cm³/mol. The standard InChI is InChI=1S/C17H23NO2/c1-12-9-13(2)16(17(3,4)11-12)10-14-5-7-15(8-6-14)18(19)20/h5-9,13,16H,10-11H2,1-4H3. The number of hydrogen-bond donors (Lipinski definition) is 0. The Balaban J connectivity index is 2.18. The molecule has 2 unspecified atom stereocenters. The Kier molecular flexibility index (Phi) is 3.98. The van der Waals surface area contributed by atoms with E-state index >= 15 is 0 Å². The molecule has 108 valence electrons. The van der Waals surface area contributed by atoms with Crippen molar-refractivity contribution in [3.8, 4) is 0 Å². The van der Waals surface area contributed by atoms with Crippen LogP contribution in [0.5, 0.6) is 0 Å². The summed E-state index contributed by atoms with van der Waals surface area (Å²) in [4.78, 5) is 10.3. The van der Waals surface area contributed by atoms with E-state index in [1.165, 1.54) is 11.1 Å². The lowest BCUT2D eigenvalue weighted by atomic mass is 9.63. The van der Waals surface area contributed by atoms with Crippen LogP contribution in [-0.4, -0.2) is 4.92 Å². The average molecular weight is 273 g/mol. The minimum absolute atomic E-state index is 0.167. The third-order valence-corrected chi connectivity index (χ3v) is 4.52. The van der Waals surface area contributed by atoms with Gasteiger partial charge in [-0.1, -0.05) is 44.6 Å². The summed E-state index contributed by atoms with van der Waals surface area (Å²) in [5.74, 6) is 1.13. The number of non-ortho nitro benzene ring substituents is 1. The lowest BCUT2D eigenvalue weighted by molar-refractivity contribution is -0.384. The smallest absolute Gasteiger partial charge is 0.258 e. The third kappa shape index (κ3) is 3.09. The molecule has 0 N–H and O–H groups in total. The molecule has 2 rings (SSSR count). The van der Waals surface area contributed by atoms with E-state index in [-0.39, 0.29) is 16.0 Å². The molecule has 0 saturated heterocycles. The summed E-state index contributed by atoms with van der Waals surface area (Å²) in [5.41, 5.74) is 3.11. The molecule has 2 atom stereocenters. The second-order valence-corrected chi connectivity index (χ2v) is 6.77. The first-order valence-electron chi connectivity index (χ1n) is 7.20. The molecule has 0 spiro atoms. The van der Waals surface area contributed by atoms with Gasteiger partial charge in [0.05, 0.1) is 4.92 Å². The predicted octanol–water partition coefficient (Wildman–Crippen LogP) is 4.77. The largest absolute Gasteiger partial charge is 0.269 e. The summed E-state index contributed by atoms with van der Waals surface area (Å²) in [6.45, 7) is 9.15. The molecule has 3 heteroatoms. The Bertz CT molecular complexity index is 528. The fraction of sp³-hybridized carbons (Fsp3) is 0.529. The van der Waals surface area contributed by atoms with Gasteiger partial charge in [0.25, 0.3) is 5.69 Å². The maximum Gasteiger partial charge on any atom is 0.269 e. The van der Waals surface area contributed by atoms with E-state index in [1.54, 1.807) is 12.1 Å². The Morgan fingerprint density at radius 2 is 1.90 bits per heavy atom. The summed E-state index contributed by atoms with van der Waals surface area (Å²) >= 11 is 0. The van der Waals surface area contributed by atoms with Gasteiger partial charge in [0.1, 0.15) is 0 Å². The highest BCUT2D eigenvalue weighted by Gasteiger charge is 2.36. The van der Waals surface area contributed by atoms with E-state index in [0.717, 1.165) is 12.8 Å². The van der Waals surface area contributed by atoms with Crippen LogP contribution in [0.4, 0.5) is 5.69 Å². The second-order valence-electron chi connectivity index (χ2n) is 6.77. The Labute approximate surface area is 120 Å². The molecule has 1 aromatic rings. The van der Waals surface area contributed by atoms with Gasteiger partial charge < -0.3 is 0 Å². The van der Waals surface area contributed by atoms with Crippen molar-refractivity contribution in [3.63, 3.8) is 0 Å². The maximum absolute atomic E-state index is 10.7. The Hall–Kier alpha value is -1.64. The van der Waals surface area contributed by atoms with Crippen LogP contribution in [0.25, 0.3) is 0 Å². The van der Waals surface area contributed by atoms with Crippen LogP contribution in [0.2, 0.25) is 0 Å². The van der Waals surface area contributed by atoms with Gasteiger partial charge >= 0.3 is 0 Å². The van der Waals surface area contributed by atoms with E-state index in [0.29, 0.717) is 11.8 Å². The number of nitro groups is 1. The number of nitro benzene ring substituents is 1. The highest BCUT2D eigenvalue weighted by molar-refractivity contribution is 5.33. The molecule has 0 radical (unpaired) electrons. The zero-order chi connectivity index (χ0) is 14.9. The number of benzene rings is 1. The minimum Gasteiger partial charge on any atom is -0.258 e. The summed E-state index contributed by atoms with van der Waals surface area (Å²) in [6, 6.07) is 7.01. The van der Waals surface area contributed by atoms with Crippen molar-refractivity contribution in [1.82, 2.24) is 0 Å². The number of rotatable bonds is 3. The van der Waals surface area contributed by atoms with Crippen LogP contribution in [0, 0.1) is 27.4 Å². The first kappa shape index (κ1) is 14.8. The molecule has 3 nitrogen and oxygen atoms in total. The summed E-state index contributed by atoms with van der Waals surface area (Å²) in [5, 5.41) is 10.7. The fourth-order valence-electron chi connectivity index (χ4n) is 3.66. The number of nitrogens with zero attached hydrogens (tertiary/aromatic N) is 1. The lowest BCUT2D eigenvalue weighted by Gasteiger charge is -2.42. The molecule has 0 heterocycles.